The van der Waals surface area contributed by atoms with Crippen LogP contribution in [0.4, 0.5) is 5.82 Å². The molecule has 1 aliphatic heterocycles. The zero-order chi connectivity index (χ0) is 14.3. The van der Waals surface area contributed by atoms with Crippen LogP contribution >= 0.6 is 11.3 Å². The molecule has 0 unspecified atom stereocenters. The summed E-state index contributed by atoms with van der Waals surface area (Å²) in [5.41, 5.74) is 1.34. The van der Waals surface area contributed by atoms with Crippen molar-refractivity contribution < 1.29 is 4.90 Å². The number of piperidine rings is 1. The predicted molar refractivity (Wildman–Crippen MR) is 84.9 cm³/mol. The van der Waals surface area contributed by atoms with Gasteiger partial charge in [0, 0.05) is 30.8 Å². The summed E-state index contributed by atoms with van der Waals surface area (Å²) >= 11 is 1.78. The van der Waals surface area contributed by atoms with Crippen LogP contribution < -0.4 is 9.80 Å². The van der Waals surface area contributed by atoms with E-state index in [2.05, 4.69) is 42.8 Å². The van der Waals surface area contributed by atoms with Crippen LogP contribution in [0.25, 0.3) is 10.2 Å². The van der Waals surface area contributed by atoms with Gasteiger partial charge in [0.05, 0.1) is 25.5 Å². The minimum absolute atomic E-state index is 0.608. The van der Waals surface area contributed by atoms with Crippen molar-refractivity contribution in [1.82, 2.24) is 9.97 Å². The lowest BCUT2D eigenvalue weighted by Gasteiger charge is -2.34. The Balaban J connectivity index is 1.97. The van der Waals surface area contributed by atoms with E-state index in [9.17, 15) is 0 Å². The first-order valence-electron chi connectivity index (χ1n) is 7.32. The van der Waals surface area contributed by atoms with Gasteiger partial charge in [-0.05, 0) is 19.4 Å². The van der Waals surface area contributed by atoms with Crippen LogP contribution in [0.2, 0.25) is 0 Å². The fourth-order valence-electron chi connectivity index (χ4n) is 3.09. The molecule has 0 aliphatic carbocycles. The highest BCUT2D eigenvalue weighted by molar-refractivity contribution is 7.18. The fraction of sp³-hybridized carbons (Fsp3) is 0.600. The van der Waals surface area contributed by atoms with Crippen LogP contribution in [0, 0.1) is 13.8 Å². The highest BCUT2D eigenvalue weighted by Gasteiger charge is 2.25. The van der Waals surface area contributed by atoms with Crippen LogP contribution in [-0.2, 0) is 0 Å². The number of anilines is 1. The Morgan fingerprint density at radius 2 is 1.95 bits per heavy atom. The Labute approximate surface area is 124 Å². The van der Waals surface area contributed by atoms with Crippen LogP contribution in [0.5, 0.6) is 0 Å². The van der Waals surface area contributed by atoms with Gasteiger partial charge in [0.15, 0.2) is 0 Å². The molecule has 4 nitrogen and oxygen atoms in total. The number of aryl methyl sites for hydroxylation is 2. The molecule has 0 aromatic carbocycles. The van der Waals surface area contributed by atoms with Crippen molar-refractivity contribution >= 4 is 27.4 Å². The largest absolute Gasteiger partial charge is 0.356 e. The smallest absolute Gasteiger partial charge is 0.141 e. The molecule has 0 spiro atoms. The molecule has 1 N–H and O–H groups in total. The van der Waals surface area contributed by atoms with E-state index in [0.717, 1.165) is 10.6 Å². The maximum atomic E-state index is 4.59. The number of nitrogens with one attached hydrogen (secondary N) is 1. The summed E-state index contributed by atoms with van der Waals surface area (Å²) < 4.78 is 0. The number of hydrogen-bond donors (Lipinski definition) is 1. The number of likely N-dealkylation sites (tertiary alicyclic amines) is 1. The SMILES string of the molecule is Cc1sc2ncnc(N(C)C3CC[NH+](C)CC3)c2c1C. The third kappa shape index (κ3) is 2.29. The number of quaternary nitrogens is 1. The third-order valence-electron chi connectivity index (χ3n) is 4.64. The topological polar surface area (TPSA) is 33.5 Å². The maximum Gasteiger partial charge on any atom is 0.141 e. The molecule has 5 heteroatoms. The molecule has 0 bridgehead atoms. The van der Waals surface area contributed by atoms with Crippen LogP contribution in [0.15, 0.2) is 6.33 Å². The van der Waals surface area contributed by atoms with E-state index in [1.165, 1.54) is 41.8 Å². The molecule has 1 aliphatic rings. The molecule has 3 heterocycles. The van der Waals surface area contributed by atoms with E-state index in [-0.39, 0.29) is 0 Å². The van der Waals surface area contributed by atoms with Crippen molar-refractivity contribution in [2.45, 2.75) is 32.7 Å². The maximum absolute atomic E-state index is 4.59. The Morgan fingerprint density at radius 3 is 2.65 bits per heavy atom. The molecule has 0 saturated carbocycles. The molecule has 2 aromatic heterocycles. The molecule has 0 atom stereocenters. The number of hydrogen-bond acceptors (Lipinski definition) is 4. The fourth-order valence-corrected chi connectivity index (χ4v) is 4.08. The zero-order valence-electron chi connectivity index (χ0n) is 12.7. The van der Waals surface area contributed by atoms with E-state index in [1.54, 1.807) is 22.6 Å². The summed E-state index contributed by atoms with van der Waals surface area (Å²) in [5.74, 6) is 1.11. The quantitative estimate of drug-likeness (QED) is 0.908. The summed E-state index contributed by atoms with van der Waals surface area (Å²) in [6.45, 7) is 6.87. The molecular formula is C15H23N4S+. The van der Waals surface area contributed by atoms with E-state index < -0.39 is 0 Å². The molecule has 2 aromatic rings. The standard InChI is InChI=1S/C15H22N4S/c1-10-11(2)20-15-13(10)14(16-9-17-15)19(4)12-5-7-18(3)8-6-12/h9,12H,5-8H2,1-4H3/p+1. The van der Waals surface area contributed by atoms with Gasteiger partial charge in [-0.2, -0.15) is 0 Å². The van der Waals surface area contributed by atoms with Gasteiger partial charge in [-0.1, -0.05) is 0 Å². The second-order valence-electron chi connectivity index (χ2n) is 5.96. The van der Waals surface area contributed by atoms with Gasteiger partial charge in [0.2, 0.25) is 0 Å². The Kier molecular flexibility index (Phi) is 3.65. The van der Waals surface area contributed by atoms with Crippen LogP contribution in [0.1, 0.15) is 23.3 Å². The third-order valence-corrected chi connectivity index (χ3v) is 5.75. The number of nitrogens with zero attached hydrogens (tertiary/aromatic N) is 3. The summed E-state index contributed by atoms with van der Waals surface area (Å²) in [4.78, 5) is 15.5. The lowest BCUT2D eigenvalue weighted by atomic mass is 10.0. The zero-order valence-corrected chi connectivity index (χ0v) is 13.5. The van der Waals surface area contributed by atoms with E-state index >= 15 is 0 Å². The molecular weight excluding hydrogens is 268 g/mol. The monoisotopic (exact) mass is 291 g/mol. The second-order valence-corrected chi connectivity index (χ2v) is 7.16. The number of thiophene rings is 1. The first-order valence-corrected chi connectivity index (χ1v) is 8.14. The van der Waals surface area contributed by atoms with Gasteiger partial charge in [0.25, 0.3) is 0 Å². The van der Waals surface area contributed by atoms with Gasteiger partial charge in [0.1, 0.15) is 17.0 Å². The van der Waals surface area contributed by atoms with E-state index in [4.69, 9.17) is 0 Å². The van der Waals surface area contributed by atoms with Crippen LogP contribution in [0.3, 0.4) is 0 Å². The summed E-state index contributed by atoms with van der Waals surface area (Å²) in [6, 6.07) is 0.608. The van der Waals surface area contributed by atoms with Crippen LogP contribution in [-0.4, -0.2) is 43.2 Å². The van der Waals surface area contributed by atoms with E-state index in [0.29, 0.717) is 6.04 Å². The minimum atomic E-state index is 0.608. The van der Waals surface area contributed by atoms with Gasteiger partial charge in [-0.25, -0.2) is 9.97 Å². The minimum Gasteiger partial charge on any atom is -0.356 e. The molecule has 20 heavy (non-hydrogen) atoms. The predicted octanol–water partition coefficient (Wildman–Crippen LogP) is 1.42. The van der Waals surface area contributed by atoms with Crippen molar-refractivity contribution in [3.8, 4) is 0 Å². The van der Waals surface area contributed by atoms with Crippen molar-refractivity contribution in [2.24, 2.45) is 0 Å². The summed E-state index contributed by atoms with van der Waals surface area (Å²) in [6.07, 6.45) is 4.20. The highest BCUT2D eigenvalue weighted by atomic mass is 32.1. The number of aromatic nitrogens is 2. The molecule has 0 radical (unpaired) electrons. The molecule has 3 rings (SSSR count). The first kappa shape index (κ1) is 13.8. The summed E-state index contributed by atoms with van der Waals surface area (Å²) in [5, 5.41) is 1.25. The first-order chi connectivity index (χ1) is 9.58. The Morgan fingerprint density at radius 1 is 1.25 bits per heavy atom. The van der Waals surface area contributed by atoms with E-state index in [1.807, 2.05) is 0 Å². The normalized spacial score (nSPS) is 23.2. The lowest BCUT2D eigenvalue weighted by molar-refractivity contribution is -0.884. The average molecular weight is 291 g/mol. The average Bonchev–Trinajstić information content (AvgIpc) is 2.74. The lowest BCUT2D eigenvalue weighted by Crippen LogP contribution is -3.10. The second kappa shape index (κ2) is 5.30. The van der Waals surface area contributed by atoms with Gasteiger partial charge in [-0.3, -0.25) is 0 Å². The number of rotatable bonds is 2. The Bertz CT molecular complexity index is 614. The Hall–Kier alpha value is -1.20. The molecule has 1 saturated heterocycles. The number of fused-ring (bicyclic) bond motifs is 1. The highest BCUT2D eigenvalue weighted by Crippen LogP contribution is 2.34. The van der Waals surface area contributed by atoms with Crippen molar-refractivity contribution in [3.05, 3.63) is 16.8 Å². The van der Waals surface area contributed by atoms with Gasteiger partial charge < -0.3 is 9.80 Å². The van der Waals surface area contributed by atoms with Gasteiger partial charge >= 0.3 is 0 Å². The molecule has 1 fully saturated rings. The van der Waals surface area contributed by atoms with Gasteiger partial charge in [-0.15, -0.1) is 11.3 Å². The molecule has 108 valence electrons. The van der Waals surface area contributed by atoms with Crippen molar-refractivity contribution in [2.75, 3.05) is 32.1 Å². The molecule has 0 amide bonds. The summed E-state index contributed by atoms with van der Waals surface area (Å²) in [7, 11) is 4.48. The van der Waals surface area contributed by atoms with Crippen molar-refractivity contribution in [1.29, 1.82) is 0 Å². The van der Waals surface area contributed by atoms with Crippen molar-refractivity contribution in [3.63, 3.8) is 0 Å².